The van der Waals surface area contributed by atoms with Crippen molar-refractivity contribution in [2.24, 2.45) is 5.92 Å². The van der Waals surface area contributed by atoms with E-state index in [1.165, 1.54) is 31.2 Å². The van der Waals surface area contributed by atoms with Crippen LogP contribution in [0.3, 0.4) is 0 Å². The minimum atomic E-state index is 0.166. The Labute approximate surface area is 144 Å². The average molecular weight is 328 g/mol. The lowest BCUT2D eigenvalue weighted by atomic mass is 10.1. The number of rotatable bonds is 4. The highest BCUT2D eigenvalue weighted by Gasteiger charge is 2.47. The van der Waals surface area contributed by atoms with Crippen molar-refractivity contribution in [3.05, 3.63) is 29.8 Å². The van der Waals surface area contributed by atoms with Gasteiger partial charge in [-0.1, -0.05) is 31.0 Å². The number of ether oxygens (including phenoxy) is 1. The molecule has 0 aromatic heterocycles. The molecule has 130 valence electrons. The zero-order valence-corrected chi connectivity index (χ0v) is 14.6. The molecule has 0 N–H and O–H groups in total. The Hall–Kier alpha value is -1.55. The lowest BCUT2D eigenvalue weighted by molar-refractivity contribution is -0.134. The van der Waals surface area contributed by atoms with Gasteiger partial charge in [-0.3, -0.25) is 9.69 Å². The molecule has 24 heavy (non-hydrogen) atoms. The average Bonchev–Trinajstić information content (AvgIpc) is 3.25. The molecule has 1 amide bonds. The van der Waals surface area contributed by atoms with Crippen LogP contribution in [0.15, 0.2) is 24.3 Å². The minimum absolute atomic E-state index is 0.166. The first-order valence-electron chi connectivity index (χ1n) is 9.43. The van der Waals surface area contributed by atoms with Crippen LogP contribution < -0.4 is 4.74 Å². The second-order valence-corrected chi connectivity index (χ2v) is 7.49. The summed E-state index contributed by atoms with van der Waals surface area (Å²) < 4.78 is 5.46. The van der Waals surface area contributed by atoms with E-state index in [-0.39, 0.29) is 5.92 Å². The SMILES string of the molecule is COc1ccccc1[C@H]1C[C@H]1C(=O)N1CCN(C2CCCC2)CC1. The maximum Gasteiger partial charge on any atom is 0.226 e. The van der Waals surface area contributed by atoms with E-state index in [4.69, 9.17) is 4.74 Å². The molecule has 2 saturated carbocycles. The van der Waals surface area contributed by atoms with Gasteiger partial charge in [0, 0.05) is 38.1 Å². The van der Waals surface area contributed by atoms with Crippen molar-refractivity contribution in [1.29, 1.82) is 0 Å². The predicted molar refractivity (Wildman–Crippen MR) is 94.3 cm³/mol. The van der Waals surface area contributed by atoms with Gasteiger partial charge in [0.1, 0.15) is 5.75 Å². The van der Waals surface area contributed by atoms with Gasteiger partial charge in [-0.15, -0.1) is 0 Å². The number of carbonyl (C=O) groups excluding carboxylic acids is 1. The van der Waals surface area contributed by atoms with Crippen LogP contribution in [0.25, 0.3) is 0 Å². The van der Waals surface area contributed by atoms with E-state index in [0.29, 0.717) is 11.8 Å². The van der Waals surface area contributed by atoms with Crippen LogP contribution in [0.1, 0.15) is 43.6 Å². The third-order valence-corrected chi connectivity index (χ3v) is 6.11. The van der Waals surface area contributed by atoms with Crippen LogP contribution in [0.5, 0.6) is 5.75 Å². The zero-order chi connectivity index (χ0) is 16.5. The van der Waals surface area contributed by atoms with Gasteiger partial charge in [0.2, 0.25) is 5.91 Å². The van der Waals surface area contributed by atoms with E-state index in [0.717, 1.165) is 44.4 Å². The Morgan fingerprint density at radius 1 is 1.08 bits per heavy atom. The molecule has 0 radical (unpaired) electrons. The van der Waals surface area contributed by atoms with Crippen LogP contribution in [-0.4, -0.2) is 55.0 Å². The molecule has 4 nitrogen and oxygen atoms in total. The summed E-state index contributed by atoms with van der Waals surface area (Å²) in [6, 6.07) is 8.91. The standard InChI is InChI=1S/C20H28N2O2/c1-24-19-9-5-4-8-16(19)17-14-18(17)20(23)22-12-10-21(11-13-22)15-6-2-3-7-15/h4-5,8-9,15,17-18H,2-3,6-7,10-14H2,1H3/t17-,18-/m1/s1. The number of nitrogens with zero attached hydrogens (tertiary/aromatic N) is 2. The van der Waals surface area contributed by atoms with Crippen LogP contribution in [0, 0.1) is 5.92 Å². The third kappa shape index (κ3) is 3.04. The Morgan fingerprint density at radius 2 is 1.79 bits per heavy atom. The monoisotopic (exact) mass is 328 g/mol. The largest absolute Gasteiger partial charge is 0.496 e. The first-order chi connectivity index (χ1) is 11.8. The van der Waals surface area contributed by atoms with Crippen molar-refractivity contribution >= 4 is 5.91 Å². The van der Waals surface area contributed by atoms with E-state index >= 15 is 0 Å². The molecular formula is C20H28N2O2. The summed E-state index contributed by atoms with van der Waals surface area (Å²) in [6.45, 7) is 3.93. The smallest absolute Gasteiger partial charge is 0.226 e. The fraction of sp³-hybridized carbons (Fsp3) is 0.650. The zero-order valence-electron chi connectivity index (χ0n) is 14.6. The van der Waals surface area contributed by atoms with E-state index < -0.39 is 0 Å². The van der Waals surface area contributed by atoms with E-state index in [1.807, 2.05) is 18.2 Å². The molecule has 2 atom stereocenters. The number of hydrogen-bond donors (Lipinski definition) is 0. The molecule has 4 heteroatoms. The number of methoxy groups -OCH3 is 1. The van der Waals surface area contributed by atoms with Crippen molar-refractivity contribution in [3.8, 4) is 5.75 Å². The Balaban J connectivity index is 1.33. The number of hydrogen-bond acceptors (Lipinski definition) is 3. The van der Waals surface area contributed by atoms with E-state index in [2.05, 4.69) is 15.9 Å². The molecule has 1 aliphatic heterocycles. The van der Waals surface area contributed by atoms with Crippen molar-refractivity contribution in [3.63, 3.8) is 0 Å². The van der Waals surface area contributed by atoms with Gasteiger partial charge in [-0.25, -0.2) is 0 Å². The molecule has 0 unspecified atom stereocenters. The predicted octanol–water partition coefficient (Wildman–Crippen LogP) is 2.89. The maximum atomic E-state index is 12.8. The molecule has 4 rings (SSSR count). The summed E-state index contributed by atoms with van der Waals surface area (Å²) in [5.41, 5.74) is 1.20. The van der Waals surface area contributed by atoms with Crippen molar-refractivity contribution in [2.45, 2.75) is 44.1 Å². The fourth-order valence-electron chi connectivity index (χ4n) is 4.60. The number of amides is 1. The molecule has 3 aliphatic rings. The number of carbonyl (C=O) groups is 1. The molecular weight excluding hydrogens is 300 g/mol. The maximum absolute atomic E-state index is 12.8. The van der Waals surface area contributed by atoms with Gasteiger partial charge in [0.15, 0.2) is 0 Å². The minimum Gasteiger partial charge on any atom is -0.496 e. The lowest BCUT2D eigenvalue weighted by Crippen LogP contribution is -2.51. The molecule has 3 fully saturated rings. The molecule has 0 bridgehead atoms. The van der Waals surface area contributed by atoms with Crippen molar-refractivity contribution in [2.75, 3.05) is 33.3 Å². The summed E-state index contributed by atoms with van der Waals surface area (Å²) in [4.78, 5) is 17.6. The fourth-order valence-corrected chi connectivity index (χ4v) is 4.60. The first kappa shape index (κ1) is 15.9. The summed E-state index contributed by atoms with van der Waals surface area (Å²) >= 11 is 0. The Bertz CT molecular complexity index is 589. The quantitative estimate of drug-likeness (QED) is 0.852. The second kappa shape index (κ2) is 6.75. The second-order valence-electron chi connectivity index (χ2n) is 7.49. The Morgan fingerprint density at radius 3 is 2.50 bits per heavy atom. The summed E-state index contributed by atoms with van der Waals surface area (Å²) in [7, 11) is 1.71. The lowest BCUT2D eigenvalue weighted by Gasteiger charge is -2.38. The van der Waals surface area contributed by atoms with Crippen molar-refractivity contribution in [1.82, 2.24) is 9.80 Å². The highest BCUT2D eigenvalue weighted by molar-refractivity contribution is 5.83. The molecule has 1 heterocycles. The molecule has 1 aromatic carbocycles. The number of benzene rings is 1. The van der Waals surface area contributed by atoms with E-state index in [9.17, 15) is 4.79 Å². The number of piperazine rings is 1. The topological polar surface area (TPSA) is 32.8 Å². The summed E-state index contributed by atoms with van der Waals surface area (Å²) in [5, 5.41) is 0. The molecule has 1 saturated heterocycles. The van der Waals surface area contributed by atoms with Crippen LogP contribution in [0.2, 0.25) is 0 Å². The summed E-state index contributed by atoms with van der Waals surface area (Å²) in [6.07, 6.45) is 6.44. The van der Waals surface area contributed by atoms with E-state index in [1.54, 1.807) is 7.11 Å². The van der Waals surface area contributed by atoms with Crippen molar-refractivity contribution < 1.29 is 9.53 Å². The van der Waals surface area contributed by atoms with Crippen LogP contribution >= 0.6 is 0 Å². The molecule has 0 spiro atoms. The van der Waals surface area contributed by atoms with Gasteiger partial charge in [0.05, 0.1) is 7.11 Å². The normalized spacial score (nSPS) is 28.1. The molecule has 2 aliphatic carbocycles. The highest BCUT2D eigenvalue weighted by Crippen LogP contribution is 2.51. The Kier molecular flexibility index (Phi) is 4.49. The van der Waals surface area contributed by atoms with Crippen LogP contribution in [-0.2, 0) is 4.79 Å². The summed E-state index contributed by atoms with van der Waals surface area (Å²) in [5.74, 6) is 1.79. The van der Waals surface area contributed by atoms with Gasteiger partial charge < -0.3 is 9.64 Å². The highest BCUT2D eigenvalue weighted by atomic mass is 16.5. The molecule has 1 aromatic rings. The van der Waals surface area contributed by atoms with Gasteiger partial charge in [-0.2, -0.15) is 0 Å². The van der Waals surface area contributed by atoms with Gasteiger partial charge in [-0.05, 0) is 36.8 Å². The van der Waals surface area contributed by atoms with Gasteiger partial charge >= 0.3 is 0 Å². The number of para-hydroxylation sites is 1. The van der Waals surface area contributed by atoms with Gasteiger partial charge in [0.25, 0.3) is 0 Å². The first-order valence-corrected chi connectivity index (χ1v) is 9.43. The van der Waals surface area contributed by atoms with Crippen LogP contribution in [0.4, 0.5) is 0 Å². The third-order valence-electron chi connectivity index (χ3n) is 6.11.